The van der Waals surface area contributed by atoms with Crippen LogP contribution in [0.15, 0.2) is 18.2 Å². The van der Waals surface area contributed by atoms with Crippen molar-refractivity contribution in [3.8, 4) is 6.07 Å². The molecule has 1 fully saturated rings. The Kier molecular flexibility index (Phi) is 2.89. The Hall–Kier alpha value is -1.82. The molecule has 3 heteroatoms. The van der Waals surface area contributed by atoms with Gasteiger partial charge in [-0.2, -0.15) is 5.26 Å². The highest BCUT2D eigenvalue weighted by molar-refractivity contribution is 5.97. The standard InChI is InChI=1S/C14H16N2O/c1-9-4-10(2)6-13(5-9)16-11(3)12(8-15)7-14(16)17/h4-6,11-12H,7H2,1-3H3. The van der Waals surface area contributed by atoms with Crippen molar-refractivity contribution in [2.24, 2.45) is 5.92 Å². The summed E-state index contributed by atoms with van der Waals surface area (Å²) in [5, 5.41) is 9.00. The van der Waals surface area contributed by atoms with Crippen molar-refractivity contribution < 1.29 is 4.79 Å². The molecule has 2 atom stereocenters. The largest absolute Gasteiger partial charge is 0.308 e. The molecule has 0 aliphatic carbocycles. The van der Waals surface area contributed by atoms with Gasteiger partial charge in [-0.25, -0.2) is 0 Å². The number of carbonyl (C=O) groups is 1. The van der Waals surface area contributed by atoms with Gasteiger partial charge >= 0.3 is 0 Å². The van der Waals surface area contributed by atoms with Crippen LogP contribution in [0, 0.1) is 31.1 Å². The zero-order chi connectivity index (χ0) is 12.6. The number of carbonyl (C=O) groups excluding carboxylic acids is 1. The molecule has 0 spiro atoms. The Balaban J connectivity index is 2.40. The molecule has 0 saturated carbocycles. The van der Waals surface area contributed by atoms with Gasteiger partial charge in [-0.05, 0) is 44.0 Å². The van der Waals surface area contributed by atoms with Crippen LogP contribution in [0.2, 0.25) is 0 Å². The van der Waals surface area contributed by atoms with Crippen molar-refractivity contribution in [1.82, 2.24) is 0 Å². The zero-order valence-corrected chi connectivity index (χ0v) is 10.4. The van der Waals surface area contributed by atoms with Gasteiger partial charge in [0.05, 0.1) is 18.0 Å². The van der Waals surface area contributed by atoms with Crippen LogP contribution in [0.5, 0.6) is 0 Å². The van der Waals surface area contributed by atoms with Gasteiger partial charge in [0.2, 0.25) is 5.91 Å². The Morgan fingerprint density at radius 2 is 1.88 bits per heavy atom. The lowest BCUT2D eigenvalue weighted by Gasteiger charge is -2.23. The molecule has 17 heavy (non-hydrogen) atoms. The molecule has 0 radical (unpaired) electrons. The molecular weight excluding hydrogens is 212 g/mol. The van der Waals surface area contributed by atoms with Gasteiger partial charge in [-0.15, -0.1) is 0 Å². The van der Waals surface area contributed by atoms with Crippen molar-refractivity contribution in [3.63, 3.8) is 0 Å². The Bertz CT molecular complexity index is 481. The molecule has 0 N–H and O–H groups in total. The van der Waals surface area contributed by atoms with Crippen LogP contribution in [-0.4, -0.2) is 11.9 Å². The fourth-order valence-corrected chi connectivity index (χ4v) is 2.49. The van der Waals surface area contributed by atoms with Gasteiger partial charge in [0.25, 0.3) is 0 Å². The van der Waals surface area contributed by atoms with Crippen LogP contribution < -0.4 is 4.90 Å². The number of anilines is 1. The maximum absolute atomic E-state index is 12.0. The Morgan fingerprint density at radius 1 is 1.29 bits per heavy atom. The van der Waals surface area contributed by atoms with Gasteiger partial charge in [-0.1, -0.05) is 6.07 Å². The lowest BCUT2D eigenvalue weighted by atomic mass is 10.0. The van der Waals surface area contributed by atoms with Crippen molar-refractivity contribution >= 4 is 11.6 Å². The predicted molar refractivity (Wildman–Crippen MR) is 66.6 cm³/mol. The third kappa shape index (κ3) is 2.03. The van der Waals surface area contributed by atoms with Gasteiger partial charge < -0.3 is 4.90 Å². The Labute approximate surface area is 102 Å². The highest BCUT2D eigenvalue weighted by atomic mass is 16.2. The molecule has 0 aromatic heterocycles. The lowest BCUT2D eigenvalue weighted by Crippen LogP contribution is -2.32. The summed E-state index contributed by atoms with van der Waals surface area (Å²) in [6.45, 7) is 5.98. The summed E-state index contributed by atoms with van der Waals surface area (Å²) in [6, 6.07) is 8.26. The first kappa shape index (κ1) is 11.7. The smallest absolute Gasteiger partial charge is 0.228 e. The molecule has 88 valence electrons. The summed E-state index contributed by atoms with van der Waals surface area (Å²) in [6.07, 6.45) is 0.338. The molecule has 1 aliphatic rings. The number of hydrogen-bond donors (Lipinski definition) is 0. The number of hydrogen-bond acceptors (Lipinski definition) is 2. The van der Waals surface area contributed by atoms with Crippen molar-refractivity contribution in [2.75, 3.05) is 4.90 Å². The van der Waals surface area contributed by atoms with E-state index in [1.807, 2.05) is 32.9 Å². The number of benzene rings is 1. The number of nitrogens with zero attached hydrogens (tertiary/aromatic N) is 2. The van der Waals surface area contributed by atoms with Crippen LogP contribution in [-0.2, 0) is 4.79 Å². The lowest BCUT2D eigenvalue weighted by molar-refractivity contribution is -0.117. The molecule has 2 rings (SSSR count). The second-order valence-corrected chi connectivity index (χ2v) is 4.79. The average Bonchev–Trinajstić information content (AvgIpc) is 2.52. The van der Waals surface area contributed by atoms with E-state index in [2.05, 4.69) is 12.1 Å². The van der Waals surface area contributed by atoms with Crippen molar-refractivity contribution in [1.29, 1.82) is 5.26 Å². The normalized spacial score (nSPS) is 23.9. The number of aryl methyl sites for hydroxylation is 2. The molecule has 1 aromatic rings. The molecular formula is C14H16N2O. The fourth-order valence-electron chi connectivity index (χ4n) is 2.49. The molecule has 1 heterocycles. The van der Waals surface area contributed by atoms with Gasteiger partial charge in [0, 0.05) is 12.1 Å². The zero-order valence-electron chi connectivity index (χ0n) is 10.4. The molecule has 1 amide bonds. The van der Waals surface area contributed by atoms with Crippen LogP contribution in [0.4, 0.5) is 5.69 Å². The van der Waals surface area contributed by atoms with Crippen LogP contribution in [0.1, 0.15) is 24.5 Å². The summed E-state index contributed by atoms with van der Waals surface area (Å²) >= 11 is 0. The molecule has 2 unspecified atom stereocenters. The quantitative estimate of drug-likeness (QED) is 0.741. The van der Waals surface area contributed by atoms with Gasteiger partial charge in [-0.3, -0.25) is 4.79 Å². The predicted octanol–water partition coefficient (Wildman–Crippen LogP) is 2.57. The van der Waals surface area contributed by atoms with Gasteiger partial charge in [0.15, 0.2) is 0 Å². The maximum Gasteiger partial charge on any atom is 0.228 e. The van der Waals surface area contributed by atoms with E-state index in [-0.39, 0.29) is 17.9 Å². The third-order valence-corrected chi connectivity index (χ3v) is 3.30. The van der Waals surface area contributed by atoms with E-state index in [4.69, 9.17) is 5.26 Å². The van der Waals surface area contributed by atoms with E-state index >= 15 is 0 Å². The maximum atomic E-state index is 12.0. The molecule has 1 aromatic carbocycles. The molecule has 1 aliphatic heterocycles. The monoisotopic (exact) mass is 228 g/mol. The SMILES string of the molecule is Cc1cc(C)cc(N2C(=O)CC(C#N)C2C)c1. The van der Waals surface area contributed by atoms with Crippen LogP contribution in [0.3, 0.4) is 0 Å². The first-order valence-corrected chi connectivity index (χ1v) is 5.83. The average molecular weight is 228 g/mol. The summed E-state index contributed by atoms with van der Waals surface area (Å²) in [5.74, 6) is -0.141. The van der Waals surface area contributed by atoms with E-state index in [1.54, 1.807) is 4.90 Å². The van der Waals surface area contributed by atoms with Crippen molar-refractivity contribution in [2.45, 2.75) is 33.2 Å². The molecule has 3 nitrogen and oxygen atoms in total. The molecule has 1 saturated heterocycles. The molecule has 0 bridgehead atoms. The second kappa shape index (κ2) is 4.21. The van der Waals surface area contributed by atoms with E-state index in [9.17, 15) is 4.79 Å². The third-order valence-electron chi connectivity index (χ3n) is 3.30. The van der Waals surface area contributed by atoms with Crippen LogP contribution in [0.25, 0.3) is 0 Å². The fraction of sp³-hybridized carbons (Fsp3) is 0.429. The minimum atomic E-state index is -0.191. The van der Waals surface area contributed by atoms with Crippen molar-refractivity contribution in [3.05, 3.63) is 29.3 Å². The Morgan fingerprint density at radius 3 is 2.35 bits per heavy atom. The summed E-state index contributed by atoms with van der Waals surface area (Å²) in [4.78, 5) is 13.7. The van der Waals surface area contributed by atoms with E-state index in [1.165, 1.54) is 0 Å². The van der Waals surface area contributed by atoms with E-state index in [0.29, 0.717) is 6.42 Å². The first-order valence-electron chi connectivity index (χ1n) is 5.83. The first-order chi connectivity index (χ1) is 8.02. The number of rotatable bonds is 1. The number of nitriles is 1. The summed E-state index contributed by atoms with van der Waals surface area (Å²) < 4.78 is 0. The number of amides is 1. The minimum Gasteiger partial charge on any atom is -0.308 e. The summed E-state index contributed by atoms with van der Waals surface area (Å²) in [5.41, 5.74) is 3.19. The van der Waals surface area contributed by atoms with Crippen LogP contribution >= 0.6 is 0 Å². The highest BCUT2D eigenvalue weighted by Gasteiger charge is 2.37. The van der Waals surface area contributed by atoms with Gasteiger partial charge in [0.1, 0.15) is 0 Å². The second-order valence-electron chi connectivity index (χ2n) is 4.79. The van der Waals surface area contributed by atoms with E-state index in [0.717, 1.165) is 16.8 Å². The minimum absolute atomic E-state index is 0.0336. The highest BCUT2D eigenvalue weighted by Crippen LogP contribution is 2.31. The topological polar surface area (TPSA) is 44.1 Å². The van der Waals surface area contributed by atoms with E-state index < -0.39 is 0 Å². The summed E-state index contributed by atoms with van der Waals surface area (Å²) in [7, 11) is 0.